The predicted molar refractivity (Wildman–Crippen MR) is 136 cm³/mol. The summed E-state index contributed by atoms with van der Waals surface area (Å²) >= 11 is 0. The number of hydrogen-bond donors (Lipinski definition) is 2. The second kappa shape index (κ2) is 10.9. The fourth-order valence-electron chi connectivity index (χ4n) is 3.38. The molecule has 6 nitrogen and oxygen atoms in total. The van der Waals surface area contributed by atoms with Gasteiger partial charge in [-0.05, 0) is 59.9 Å². The number of amides is 2. The molecule has 0 bridgehead atoms. The SMILES string of the molecule is CC[C@@H](Oc1cccc(OC)c1)C(=O)Nc1cccc(NC(=O)c2ccc(C(C)(C)C)cc2)c1. The van der Waals surface area contributed by atoms with Crippen LogP contribution in [0.2, 0.25) is 0 Å². The normalized spacial score (nSPS) is 11.9. The second-order valence-corrected chi connectivity index (χ2v) is 9.05. The van der Waals surface area contributed by atoms with Gasteiger partial charge in [-0.2, -0.15) is 0 Å². The van der Waals surface area contributed by atoms with E-state index in [9.17, 15) is 9.59 Å². The molecule has 178 valence electrons. The summed E-state index contributed by atoms with van der Waals surface area (Å²) in [4.78, 5) is 25.5. The first-order valence-corrected chi connectivity index (χ1v) is 11.3. The number of nitrogens with one attached hydrogen (secondary N) is 2. The first-order chi connectivity index (χ1) is 16.2. The summed E-state index contributed by atoms with van der Waals surface area (Å²) in [7, 11) is 1.58. The molecule has 0 spiro atoms. The maximum atomic E-state index is 12.8. The number of benzene rings is 3. The van der Waals surface area contributed by atoms with Crippen molar-refractivity contribution in [3.05, 3.63) is 83.9 Å². The molecule has 1 atom stereocenters. The van der Waals surface area contributed by atoms with E-state index in [0.29, 0.717) is 34.9 Å². The summed E-state index contributed by atoms with van der Waals surface area (Å²) in [6.07, 6.45) is -0.184. The molecule has 0 aliphatic rings. The van der Waals surface area contributed by atoms with E-state index in [4.69, 9.17) is 9.47 Å². The van der Waals surface area contributed by atoms with Crippen molar-refractivity contribution < 1.29 is 19.1 Å². The van der Waals surface area contributed by atoms with Crippen LogP contribution in [0.25, 0.3) is 0 Å². The van der Waals surface area contributed by atoms with E-state index >= 15 is 0 Å². The van der Waals surface area contributed by atoms with Gasteiger partial charge in [0.1, 0.15) is 11.5 Å². The van der Waals surface area contributed by atoms with E-state index in [2.05, 4.69) is 31.4 Å². The Morgan fingerprint density at radius 3 is 2.09 bits per heavy atom. The van der Waals surface area contributed by atoms with Gasteiger partial charge >= 0.3 is 0 Å². The molecular formula is C28H32N2O4. The number of ether oxygens (including phenoxy) is 2. The molecule has 3 rings (SSSR count). The molecule has 3 aromatic rings. The highest BCUT2D eigenvalue weighted by Crippen LogP contribution is 2.24. The molecule has 0 unspecified atom stereocenters. The lowest BCUT2D eigenvalue weighted by molar-refractivity contribution is -0.122. The highest BCUT2D eigenvalue weighted by molar-refractivity contribution is 6.04. The van der Waals surface area contributed by atoms with E-state index in [0.717, 1.165) is 5.56 Å². The van der Waals surface area contributed by atoms with Crippen LogP contribution in [0.3, 0.4) is 0 Å². The molecular weight excluding hydrogens is 428 g/mol. The first kappa shape index (κ1) is 24.8. The molecule has 0 heterocycles. The zero-order chi connectivity index (χ0) is 24.7. The van der Waals surface area contributed by atoms with Crippen molar-refractivity contribution in [3.63, 3.8) is 0 Å². The lowest BCUT2D eigenvalue weighted by Crippen LogP contribution is -2.32. The fourth-order valence-corrected chi connectivity index (χ4v) is 3.38. The Balaban J connectivity index is 1.64. The molecule has 0 aliphatic heterocycles. The average Bonchev–Trinajstić information content (AvgIpc) is 2.82. The Labute approximate surface area is 201 Å². The predicted octanol–water partition coefficient (Wildman–Crippen LogP) is 6.04. The van der Waals surface area contributed by atoms with Gasteiger partial charge in [-0.15, -0.1) is 0 Å². The molecule has 34 heavy (non-hydrogen) atoms. The van der Waals surface area contributed by atoms with E-state index in [1.807, 2.05) is 43.3 Å². The number of carbonyl (C=O) groups excluding carboxylic acids is 2. The Morgan fingerprint density at radius 1 is 0.853 bits per heavy atom. The molecule has 3 aromatic carbocycles. The highest BCUT2D eigenvalue weighted by atomic mass is 16.5. The van der Waals surface area contributed by atoms with Crippen molar-refractivity contribution in [1.82, 2.24) is 0 Å². The van der Waals surface area contributed by atoms with Crippen LogP contribution in [-0.2, 0) is 10.2 Å². The third-order valence-electron chi connectivity index (χ3n) is 5.38. The van der Waals surface area contributed by atoms with Crippen molar-refractivity contribution in [2.75, 3.05) is 17.7 Å². The van der Waals surface area contributed by atoms with Gasteiger partial charge in [0.15, 0.2) is 6.10 Å². The summed E-state index contributed by atoms with van der Waals surface area (Å²) in [6, 6.07) is 21.8. The molecule has 2 N–H and O–H groups in total. The third kappa shape index (κ3) is 6.61. The maximum Gasteiger partial charge on any atom is 0.265 e. The molecule has 0 fully saturated rings. The third-order valence-corrected chi connectivity index (χ3v) is 5.38. The minimum Gasteiger partial charge on any atom is -0.497 e. The number of hydrogen-bond acceptors (Lipinski definition) is 4. The van der Waals surface area contributed by atoms with Crippen LogP contribution < -0.4 is 20.1 Å². The van der Waals surface area contributed by atoms with Crippen molar-refractivity contribution in [3.8, 4) is 11.5 Å². The molecule has 0 aromatic heterocycles. The van der Waals surface area contributed by atoms with E-state index < -0.39 is 6.10 Å². The van der Waals surface area contributed by atoms with Gasteiger partial charge in [0, 0.05) is 23.0 Å². The van der Waals surface area contributed by atoms with Gasteiger partial charge in [0.25, 0.3) is 11.8 Å². The topological polar surface area (TPSA) is 76.7 Å². The lowest BCUT2D eigenvalue weighted by Gasteiger charge is -2.19. The monoisotopic (exact) mass is 460 g/mol. The zero-order valence-electron chi connectivity index (χ0n) is 20.3. The van der Waals surface area contributed by atoms with Crippen LogP contribution in [0.15, 0.2) is 72.8 Å². The quantitative estimate of drug-likeness (QED) is 0.430. The van der Waals surface area contributed by atoms with Gasteiger partial charge < -0.3 is 20.1 Å². The fraction of sp³-hybridized carbons (Fsp3) is 0.286. The van der Waals surface area contributed by atoms with Crippen LogP contribution >= 0.6 is 0 Å². The second-order valence-electron chi connectivity index (χ2n) is 9.05. The van der Waals surface area contributed by atoms with Gasteiger partial charge in [-0.1, -0.05) is 52.0 Å². The molecule has 6 heteroatoms. The maximum absolute atomic E-state index is 12.8. The van der Waals surface area contributed by atoms with Crippen LogP contribution in [0.4, 0.5) is 11.4 Å². The largest absolute Gasteiger partial charge is 0.497 e. The van der Waals surface area contributed by atoms with Crippen LogP contribution in [0.5, 0.6) is 11.5 Å². The van der Waals surface area contributed by atoms with Crippen LogP contribution in [0.1, 0.15) is 50.0 Å². The molecule has 0 radical (unpaired) electrons. The Bertz CT molecular complexity index is 1130. The van der Waals surface area contributed by atoms with Crippen molar-refractivity contribution in [1.29, 1.82) is 0 Å². The van der Waals surface area contributed by atoms with Crippen molar-refractivity contribution >= 4 is 23.2 Å². The van der Waals surface area contributed by atoms with Crippen LogP contribution in [0, 0.1) is 0 Å². The highest BCUT2D eigenvalue weighted by Gasteiger charge is 2.19. The van der Waals surface area contributed by atoms with E-state index in [-0.39, 0.29) is 17.2 Å². The standard InChI is InChI=1S/C28H32N2O4/c1-6-25(34-24-12-8-11-23(18-24)33-5)27(32)30-22-10-7-9-21(17-22)29-26(31)19-13-15-20(16-14-19)28(2,3)4/h7-18,25H,6H2,1-5H3,(H,29,31)(H,30,32)/t25-/m1/s1. The van der Waals surface area contributed by atoms with E-state index in [1.54, 1.807) is 43.5 Å². The minimum absolute atomic E-state index is 0.0220. The molecule has 0 aliphatic carbocycles. The Kier molecular flexibility index (Phi) is 7.95. The average molecular weight is 461 g/mol. The van der Waals surface area contributed by atoms with Gasteiger partial charge in [0.05, 0.1) is 7.11 Å². The van der Waals surface area contributed by atoms with Gasteiger partial charge in [-0.25, -0.2) is 0 Å². The summed E-state index contributed by atoms with van der Waals surface area (Å²) in [5.74, 6) is 0.729. The van der Waals surface area contributed by atoms with Crippen LogP contribution in [-0.4, -0.2) is 25.0 Å². The summed E-state index contributed by atoms with van der Waals surface area (Å²) in [6.45, 7) is 8.28. The molecule has 2 amide bonds. The summed E-state index contributed by atoms with van der Waals surface area (Å²) in [5.41, 5.74) is 2.91. The number of anilines is 2. The molecule has 0 saturated heterocycles. The minimum atomic E-state index is -0.674. The Morgan fingerprint density at radius 2 is 1.47 bits per heavy atom. The first-order valence-electron chi connectivity index (χ1n) is 11.3. The van der Waals surface area contributed by atoms with Gasteiger partial charge in [0.2, 0.25) is 0 Å². The van der Waals surface area contributed by atoms with Gasteiger partial charge in [-0.3, -0.25) is 9.59 Å². The summed E-state index contributed by atoms with van der Waals surface area (Å²) in [5, 5.41) is 5.76. The summed E-state index contributed by atoms with van der Waals surface area (Å²) < 4.78 is 11.1. The van der Waals surface area contributed by atoms with Crippen molar-refractivity contribution in [2.45, 2.75) is 45.6 Å². The van der Waals surface area contributed by atoms with Crippen molar-refractivity contribution in [2.24, 2.45) is 0 Å². The number of rotatable bonds is 8. The van der Waals surface area contributed by atoms with E-state index in [1.165, 1.54) is 0 Å². The smallest absolute Gasteiger partial charge is 0.265 e. The Hall–Kier alpha value is -3.80. The molecule has 0 saturated carbocycles. The number of methoxy groups -OCH3 is 1. The number of carbonyl (C=O) groups is 2. The lowest BCUT2D eigenvalue weighted by atomic mass is 9.87. The zero-order valence-corrected chi connectivity index (χ0v) is 20.3.